The number of hydrogen-bond acceptors (Lipinski definition) is 2. The van der Waals surface area contributed by atoms with E-state index in [2.05, 4.69) is 10.3 Å². The Morgan fingerprint density at radius 2 is 1.81 bits per heavy atom. The zero-order valence-electron chi connectivity index (χ0n) is 9.09. The number of hydrogen-bond donors (Lipinski definition) is 1. The van der Waals surface area contributed by atoms with Gasteiger partial charge in [-0.05, 0) is 17.3 Å². The van der Waals surface area contributed by atoms with Gasteiger partial charge in [-0.1, -0.05) is 42.2 Å². The molecule has 1 N–H and O–H groups in total. The molecule has 2 rings (SSSR count). The maximum absolute atomic E-state index is 7.76. The van der Waals surface area contributed by atoms with Crippen LogP contribution in [0.1, 0.15) is 5.56 Å². The fourth-order valence-electron chi connectivity index (χ4n) is 1.20. The minimum Gasteiger partial charge on any atom is -0.482 e. The zero-order chi connectivity index (χ0) is 10.5. The Morgan fingerprint density at radius 1 is 1.06 bits per heavy atom. The molecular weight excluding hydrogens is 209 g/mol. The van der Waals surface area contributed by atoms with Crippen molar-refractivity contribution in [3.8, 4) is 0 Å². The van der Waals surface area contributed by atoms with Crippen molar-refractivity contribution in [2.24, 2.45) is 0 Å². The summed E-state index contributed by atoms with van der Waals surface area (Å²) in [6, 6.07) is 13.1. The van der Waals surface area contributed by atoms with E-state index in [1.54, 1.807) is 18.5 Å². The molecule has 0 bridgehead atoms. The average molecular weight is 219 g/mol. The number of para-hydroxylation sites is 1. The fourth-order valence-corrected chi connectivity index (χ4v) is 1.20. The van der Waals surface area contributed by atoms with E-state index in [-0.39, 0.29) is 35.4 Å². The molecule has 4 heteroatoms. The molecule has 0 fully saturated rings. The van der Waals surface area contributed by atoms with Crippen LogP contribution in [-0.2, 0) is 0 Å². The Balaban J connectivity index is 0.00000128. The van der Waals surface area contributed by atoms with Crippen LogP contribution in [-0.4, -0.2) is 10.8 Å². The maximum Gasteiger partial charge on any atom is 1.00 e. The van der Waals surface area contributed by atoms with Crippen LogP contribution in [0.3, 0.4) is 0 Å². The van der Waals surface area contributed by atoms with Crippen LogP contribution in [0.25, 0.3) is 5.32 Å². The molecule has 0 radical (unpaired) electrons. The van der Waals surface area contributed by atoms with E-state index in [9.17, 15) is 0 Å². The van der Waals surface area contributed by atoms with E-state index < -0.39 is 0 Å². The van der Waals surface area contributed by atoms with Gasteiger partial charge in [-0.2, -0.15) is 0 Å². The molecule has 0 saturated heterocycles. The van der Waals surface area contributed by atoms with Crippen LogP contribution in [0.2, 0.25) is 0 Å². The molecule has 3 nitrogen and oxygen atoms in total. The second-order valence-corrected chi connectivity index (χ2v) is 3.04. The largest absolute Gasteiger partial charge is 1.00 e. The standard InChI is InChI=1S/C12H10N3.Na/c13-12(10-5-4-8-14-9-10)15-11-6-2-1-3-7-11;/h1-9H,(H-,13,15);/q-1;+1. The summed E-state index contributed by atoms with van der Waals surface area (Å²) >= 11 is 0. The summed E-state index contributed by atoms with van der Waals surface area (Å²) in [5, 5.41) is 11.9. The van der Waals surface area contributed by atoms with Crippen molar-refractivity contribution in [3.63, 3.8) is 0 Å². The van der Waals surface area contributed by atoms with Gasteiger partial charge in [0.05, 0.1) is 0 Å². The molecule has 0 aliphatic carbocycles. The summed E-state index contributed by atoms with van der Waals surface area (Å²) in [6.07, 6.45) is 3.31. The molecule has 0 aliphatic heterocycles. The van der Waals surface area contributed by atoms with Crippen LogP contribution < -0.4 is 29.6 Å². The number of amidine groups is 1. The molecule has 2 aromatic rings. The average Bonchev–Trinajstić information content (AvgIpc) is 2.31. The Labute approximate surface area is 117 Å². The van der Waals surface area contributed by atoms with Crippen molar-refractivity contribution < 1.29 is 29.6 Å². The smallest absolute Gasteiger partial charge is 0.482 e. The Hall–Kier alpha value is -1.16. The van der Waals surface area contributed by atoms with Crippen LogP contribution in [0, 0.1) is 5.41 Å². The van der Waals surface area contributed by atoms with Gasteiger partial charge in [0.25, 0.3) is 0 Å². The first kappa shape index (κ1) is 12.9. The van der Waals surface area contributed by atoms with Gasteiger partial charge in [-0.25, -0.2) is 0 Å². The molecule has 0 aliphatic rings. The fraction of sp³-hybridized carbons (Fsp3) is 0. The van der Waals surface area contributed by atoms with Crippen molar-refractivity contribution in [1.82, 2.24) is 4.98 Å². The third-order valence-corrected chi connectivity index (χ3v) is 1.93. The third kappa shape index (κ3) is 3.45. The summed E-state index contributed by atoms with van der Waals surface area (Å²) in [7, 11) is 0. The van der Waals surface area contributed by atoms with Gasteiger partial charge >= 0.3 is 29.6 Å². The van der Waals surface area contributed by atoms with Crippen molar-refractivity contribution in [2.75, 3.05) is 0 Å². The van der Waals surface area contributed by atoms with Crippen LogP contribution in [0.4, 0.5) is 5.69 Å². The normalized spacial score (nSPS) is 9.00. The van der Waals surface area contributed by atoms with Gasteiger partial charge in [0.15, 0.2) is 0 Å². The maximum atomic E-state index is 7.76. The summed E-state index contributed by atoms with van der Waals surface area (Å²) in [4.78, 5) is 3.95. The molecule has 1 aromatic heterocycles. The molecule has 16 heavy (non-hydrogen) atoms. The predicted octanol–water partition coefficient (Wildman–Crippen LogP) is 0.116. The number of aromatic nitrogens is 1. The number of nitrogens with zero attached hydrogens (tertiary/aromatic N) is 2. The first-order chi connectivity index (χ1) is 7.36. The van der Waals surface area contributed by atoms with Gasteiger partial charge in [-0.15, -0.1) is 0 Å². The van der Waals surface area contributed by atoms with Crippen molar-refractivity contribution in [1.29, 1.82) is 5.41 Å². The van der Waals surface area contributed by atoms with Crippen molar-refractivity contribution in [3.05, 3.63) is 65.7 Å². The summed E-state index contributed by atoms with van der Waals surface area (Å²) in [6.45, 7) is 0. The van der Waals surface area contributed by atoms with Crippen molar-refractivity contribution in [2.45, 2.75) is 0 Å². The van der Waals surface area contributed by atoms with E-state index in [0.29, 0.717) is 0 Å². The van der Waals surface area contributed by atoms with Gasteiger partial charge in [-0.3, -0.25) is 4.98 Å². The SMILES string of the molecule is N=C([N-]c1ccccc1)c1cccnc1.[Na+]. The Kier molecular flexibility index (Phi) is 5.19. The molecule has 0 atom stereocenters. The van der Waals surface area contributed by atoms with E-state index in [1.165, 1.54) is 0 Å². The minimum absolute atomic E-state index is 0. The molecule has 1 heterocycles. The Morgan fingerprint density at radius 3 is 2.44 bits per heavy atom. The van der Waals surface area contributed by atoms with Gasteiger partial charge in [0.1, 0.15) is 0 Å². The number of nitrogens with one attached hydrogen (secondary N) is 1. The first-order valence-electron chi connectivity index (χ1n) is 4.62. The molecule has 0 unspecified atom stereocenters. The quantitative estimate of drug-likeness (QED) is 0.435. The molecule has 0 spiro atoms. The van der Waals surface area contributed by atoms with E-state index in [0.717, 1.165) is 11.3 Å². The summed E-state index contributed by atoms with van der Waals surface area (Å²) in [5.41, 5.74) is 1.51. The number of pyridine rings is 1. The van der Waals surface area contributed by atoms with Crippen LogP contribution >= 0.6 is 0 Å². The minimum atomic E-state index is 0. The van der Waals surface area contributed by atoms with Crippen LogP contribution in [0.15, 0.2) is 54.9 Å². The molecule has 0 amide bonds. The van der Waals surface area contributed by atoms with E-state index >= 15 is 0 Å². The Bertz CT molecular complexity index is 442. The topological polar surface area (TPSA) is 50.8 Å². The number of rotatable bonds is 2. The molecular formula is C12H10N3Na. The van der Waals surface area contributed by atoms with Crippen LogP contribution in [0.5, 0.6) is 0 Å². The second kappa shape index (κ2) is 6.43. The first-order valence-corrected chi connectivity index (χ1v) is 4.62. The van der Waals surface area contributed by atoms with E-state index in [4.69, 9.17) is 5.41 Å². The third-order valence-electron chi connectivity index (χ3n) is 1.93. The van der Waals surface area contributed by atoms with Gasteiger partial charge in [0.2, 0.25) is 0 Å². The monoisotopic (exact) mass is 219 g/mol. The molecule has 1 aromatic carbocycles. The molecule has 0 saturated carbocycles. The van der Waals surface area contributed by atoms with E-state index in [1.807, 2.05) is 36.4 Å². The number of benzene rings is 1. The predicted molar refractivity (Wildman–Crippen MR) is 60.5 cm³/mol. The van der Waals surface area contributed by atoms with Gasteiger partial charge < -0.3 is 10.7 Å². The summed E-state index contributed by atoms with van der Waals surface area (Å²) < 4.78 is 0. The summed E-state index contributed by atoms with van der Waals surface area (Å²) in [5.74, 6) is 0.231. The van der Waals surface area contributed by atoms with Crippen molar-refractivity contribution >= 4 is 11.5 Å². The molecule has 74 valence electrons. The van der Waals surface area contributed by atoms with Gasteiger partial charge in [0, 0.05) is 12.4 Å². The zero-order valence-corrected chi connectivity index (χ0v) is 11.1. The second-order valence-electron chi connectivity index (χ2n) is 3.04.